The molecule has 0 radical (unpaired) electrons. The summed E-state index contributed by atoms with van der Waals surface area (Å²) in [6, 6.07) is 69.1. The van der Waals surface area contributed by atoms with Gasteiger partial charge in [0.25, 0.3) is 0 Å². The van der Waals surface area contributed by atoms with Crippen LogP contribution in [-0.4, -0.2) is 9.13 Å². The van der Waals surface area contributed by atoms with Gasteiger partial charge in [-0.05, 0) is 119 Å². The summed E-state index contributed by atoms with van der Waals surface area (Å²) in [4.78, 5) is 0. The van der Waals surface area contributed by atoms with Gasteiger partial charge in [0.2, 0.25) is 0 Å². The number of aryl methyl sites for hydroxylation is 2. The second-order valence-corrected chi connectivity index (χ2v) is 15.8. The molecule has 0 saturated carbocycles. The quantitative estimate of drug-likeness (QED) is 0.161. The van der Waals surface area contributed by atoms with Crippen LogP contribution in [0.4, 0.5) is 0 Å². The van der Waals surface area contributed by atoms with Crippen molar-refractivity contribution >= 4 is 38.8 Å². The summed E-state index contributed by atoms with van der Waals surface area (Å²) in [5.41, 5.74) is 20.1. The van der Waals surface area contributed by atoms with E-state index in [4.69, 9.17) is 0 Å². The first kappa shape index (κ1) is 34.1. The van der Waals surface area contributed by atoms with Crippen molar-refractivity contribution in [1.29, 1.82) is 0 Å². The fraction of sp³-hybridized carbons (Fsp3) is 0.0714. The Morgan fingerprint density at radius 3 is 1.69 bits per heavy atom. The summed E-state index contributed by atoms with van der Waals surface area (Å²) >= 11 is 0. The maximum Gasteiger partial charge on any atom is 0.0547 e. The number of aromatic nitrogens is 2. The van der Waals surface area contributed by atoms with Crippen LogP contribution in [-0.2, 0) is 6.42 Å². The Morgan fingerprint density at radius 2 is 0.983 bits per heavy atom. The monoisotopic (exact) mass is 742 g/mol. The molecule has 0 saturated heterocycles. The van der Waals surface area contributed by atoms with Gasteiger partial charge >= 0.3 is 0 Å². The van der Waals surface area contributed by atoms with E-state index in [1.807, 2.05) is 0 Å². The molecule has 0 bridgehead atoms. The molecule has 1 atom stereocenters. The minimum atomic E-state index is 0.353. The molecule has 0 N–H and O–H groups in total. The lowest BCUT2D eigenvalue weighted by Gasteiger charge is -2.22. The normalized spacial score (nSPS) is 13.7. The molecule has 2 aromatic heterocycles. The first-order valence-electron chi connectivity index (χ1n) is 20.4. The first-order chi connectivity index (χ1) is 28.6. The van der Waals surface area contributed by atoms with Crippen LogP contribution in [0.1, 0.15) is 33.9 Å². The molecule has 1 aliphatic rings. The lowest BCUT2D eigenvalue weighted by Crippen LogP contribution is -2.10. The molecule has 10 aromatic rings. The molecule has 2 heterocycles. The zero-order valence-electron chi connectivity index (χ0n) is 32.7. The van der Waals surface area contributed by atoms with E-state index in [9.17, 15) is 0 Å². The van der Waals surface area contributed by atoms with E-state index in [0.29, 0.717) is 5.92 Å². The van der Waals surface area contributed by atoms with Gasteiger partial charge in [0.15, 0.2) is 0 Å². The molecule has 0 fully saturated rings. The molecule has 1 unspecified atom stereocenters. The van der Waals surface area contributed by atoms with Gasteiger partial charge in [0.1, 0.15) is 0 Å². The molecular formula is C56H42N2. The van der Waals surface area contributed by atoms with Crippen LogP contribution in [0.25, 0.3) is 83.5 Å². The van der Waals surface area contributed by atoms with Crippen LogP contribution < -0.4 is 0 Å². The van der Waals surface area contributed by atoms with Crippen molar-refractivity contribution in [3.8, 4) is 44.8 Å². The van der Waals surface area contributed by atoms with Crippen molar-refractivity contribution < 1.29 is 0 Å². The smallest absolute Gasteiger partial charge is 0.0547 e. The second kappa shape index (κ2) is 13.8. The fourth-order valence-electron chi connectivity index (χ4n) is 9.50. The summed E-state index contributed by atoms with van der Waals surface area (Å²) in [5.74, 6) is 0.353. The summed E-state index contributed by atoms with van der Waals surface area (Å²) in [6.07, 6.45) is 5.73. The van der Waals surface area contributed by atoms with Gasteiger partial charge in [-0.25, -0.2) is 0 Å². The highest BCUT2D eigenvalue weighted by atomic mass is 15.0. The molecule has 276 valence electrons. The van der Waals surface area contributed by atoms with Gasteiger partial charge < -0.3 is 9.13 Å². The van der Waals surface area contributed by atoms with Crippen molar-refractivity contribution in [3.63, 3.8) is 0 Å². The highest BCUT2D eigenvalue weighted by Gasteiger charge is 2.24. The average Bonchev–Trinajstić information content (AvgIpc) is 3.79. The number of para-hydroxylation sites is 2. The second-order valence-electron chi connectivity index (χ2n) is 15.8. The Labute approximate surface area is 339 Å². The number of allylic oxidation sites excluding steroid dienone is 1. The molecule has 0 spiro atoms. The van der Waals surface area contributed by atoms with E-state index in [1.165, 1.54) is 99.7 Å². The summed E-state index contributed by atoms with van der Waals surface area (Å²) < 4.78 is 4.90. The maximum absolute atomic E-state index is 2.49. The largest absolute Gasteiger partial charge is 0.313 e. The van der Waals surface area contributed by atoms with E-state index in [2.05, 4.69) is 223 Å². The van der Waals surface area contributed by atoms with Gasteiger partial charge in [-0.2, -0.15) is 0 Å². The average molecular weight is 743 g/mol. The Kier molecular flexibility index (Phi) is 8.11. The van der Waals surface area contributed by atoms with Crippen LogP contribution in [0.2, 0.25) is 0 Å². The van der Waals surface area contributed by atoms with Crippen LogP contribution in [0.15, 0.2) is 194 Å². The molecular weight excluding hydrogens is 701 g/mol. The number of hydrogen-bond donors (Lipinski definition) is 0. The summed E-state index contributed by atoms with van der Waals surface area (Å²) in [7, 11) is 0. The first-order valence-corrected chi connectivity index (χ1v) is 20.4. The zero-order valence-corrected chi connectivity index (χ0v) is 32.7. The van der Waals surface area contributed by atoms with E-state index in [-0.39, 0.29) is 0 Å². The van der Waals surface area contributed by atoms with Gasteiger partial charge in [-0.1, -0.05) is 152 Å². The summed E-state index contributed by atoms with van der Waals surface area (Å²) in [5, 5.41) is 3.85. The fourth-order valence-corrected chi connectivity index (χ4v) is 9.50. The molecule has 2 nitrogen and oxygen atoms in total. The zero-order chi connectivity index (χ0) is 38.7. The predicted molar refractivity (Wildman–Crippen MR) is 245 cm³/mol. The minimum Gasteiger partial charge on any atom is -0.313 e. The molecule has 11 rings (SSSR count). The van der Waals surface area contributed by atoms with Crippen molar-refractivity contribution in [1.82, 2.24) is 9.13 Å². The summed E-state index contributed by atoms with van der Waals surface area (Å²) in [6.45, 7) is 4.42. The molecule has 0 aliphatic heterocycles. The Morgan fingerprint density at radius 1 is 0.414 bits per heavy atom. The van der Waals surface area contributed by atoms with Crippen LogP contribution in [0.5, 0.6) is 0 Å². The van der Waals surface area contributed by atoms with Gasteiger partial charge in [0, 0.05) is 44.7 Å². The van der Waals surface area contributed by atoms with Crippen molar-refractivity contribution in [2.75, 3.05) is 0 Å². The number of nitrogens with zero attached hydrogens (tertiary/aromatic N) is 2. The lowest BCUT2D eigenvalue weighted by atomic mass is 9.86. The van der Waals surface area contributed by atoms with Crippen LogP contribution in [0, 0.1) is 13.8 Å². The Balaban J connectivity index is 0.919. The molecule has 8 aromatic carbocycles. The standard InChI is InChI=1S/C56H42N2/c1-37-12-3-5-16-47(37)43-26-32-51-49-18-7-9-20-53(49)57(55(51)35-43)45-28-22-39(23-29-45)41-14-11-15-42(34-41)40-24-30-46(31-25-40)58-54-21-10-8-19-50(54)52-33-27-44(36-56(52)58)48-17-6-4-13-38(48)2/h3-35,44H,36H2,1-2H3. The van der Waals surface area contributed by atoms with Crippen molar-refractivity contribution in [2.45, 2.75) is 26.2 Å². The predicted octanol–water partition coefficient (Wildman–Crippen LogP) is 14.7. The van der Waals surface area contributed by atoms with E-state index in [0.717, 1.165) is 12.1 Å². The molecule has 1 aliphatic carbocycles. The Hall–Kier alpha value is -7.16. The van der Waals surface area contributed by atoms with E-state index >= 15 is 0 Å². The van der Waals surface area contributed by atoms with Crippen molar-refractivity contribution in [3.05, 3.63) is 222 Å². The van der Waals surface area contributed by atoms with Crippen LogP contribution >= 0.6 is 0 Å². The number of benzene rings is 8. The SMILES string of the molecule is Cc1ccccc1-c1ccc2c3ccccc3n(-c3ccc(-c4cccc(-c5ccc(-n6c7c(c8ccccc86)C=CC(c6ccccc6C)C7)cc5)c4)cc3)c2c1. The number of rotatable bonds is 6. The van der Waals surface area contributed by atoms with Gasteiger partial charge in [0.05, 0.1) is 16.6 Å². The molecule has 58 heavy (non-hydrogen) atoms. The van der Waals surface area contributed by atoms with Gasteiger partial charge in [-0.3, -0.25) is 0 Å². The third-order valence-corrected chi connectivity index (χ3v) is 12.4. The Bertz CT molecular complexity index is 3210. The third kappa shape index (κ3) is 5.64. The van der Waals surface area contributed by atoms with Gasteiger partial charge in [-0.15, -0.1) is 0 Å². The highest BCUT2D eigenvalue weighted by Crippen LogP contribution is 2.40. The molecule has 2 heteroatoms. The number of hydrogen-bond acceptors (Lipinski definition) is 0. The number of fused-ring (bicyclic) bond motifs is 6. The van der Waals surface area contributed by atoms with E-state index < -0.39 is 0 Å². The lowest BCUT2D eigenvalue weighted by molar-refractivity contribution is 0.778. The molecule has 0 amide bonds. The van der Waals surface area contributed by atoms with E-state index in [1.54, 1.807) is 0 Å². The van der Waals surface area contributed by atoms with Crippen LogP contribution in [0.3, 0.4) is 0 Å². The van der Waals surface area contributed by atoms with Crippen molar-refractivity contribution in [2.24, 2.45) is 0 Å². The highest BCUT2D eigenvalue weighted by molar-refractivity contribution is 6.10. The minimum absolute atomic E-state index is 0.353. The topological polar surface area (TPSA) is 9.86 Å². The third-order valence-electron chi connectivity index (χ3n) is 12.4. The maximum atomic E-state index is 2.49.